The van der Waals surface area contributed by atoms with E-state index in [2.05, 4.69) is 33.6 Å². The number of benzene rings is 1. The molecule has 1 heterocycles. The number of para-hydroxylation sites is 1. The number of nitrogens with zero attached hydrogens (tertiary/aromatic N) is 2. The normalized spacial score (nSPS) is 15.0. The summed E-state index contributed by atoms with van der Waals surface area (Å²) in [6, 6.07) is 12.3. The first kappa shape index (κ1) is 18.4. The molecule has 3 rings (SSSR count). The number of hydrogen-bond donors (Lipinski definition) is 2. The fourth-order valence-electron chi connectivity index (χ4n) is 3.55. The van der Waals surface area contributed by atoms with Gasteiger partial charge < -0.3 is 10.6 Å². The molecule has 1 saturated carbocycles. The van der Waals surface area contributed by atoms with Crippen molar-refractivity contribution in [2.24, 2.45) is 0 Å². The van der Waals surface area contributed by atoms with Crippen LogP contribution in [0, 0.1) is 0 Å². The first-order valence-electron chi connectivity index (χ1n) is 9.44. The molecule has 0 unspecified atom stereocenters. The van der Waals surface area contributed by atoms with E-state index in [1.54, 1.807) is 12.4 Å². The van der Waals surface area contributed by atoms with Gasteiger partial charge in [-0.3, -0.25) is 9.88 Å². The predicted molar refractivity (Wildman–Crippen MR) is 105 cm³/mol. The molecule has 5 nitrogen and oxygen atoms in total. The number of hydrogen-bond acceptors (Lipinski definition) is 3. The van der Waals surface area contributed by atoms with Crippen molar-refractivity contribution in [3.63, 3.8) is 0 Å². The summed E-state index contributed by atoms with van der Waals surface area (Å²) >= 11 is 0. The van der Waals surface area contributed by atoms with Crippen LogP contribution in [0.1, 0.15) is 43.2 Å². The van der Waals surface area contributed by atoms with Crippen molar-refractivity contribution in [1.82, 2.24) is 15.2 Å². The van der Waals surface area contributed by atoms with Crippen LogP contribution in [0.5, 0.6) is 0 Å². The van der Waals surface area contributed by atoms with Crippen molar-refractivity contribution in [3.05, 3.63) is 59.9 Å². The van der Waals surface area contributed by atoms with Gasteiger partial charge in [-0.1, -0.05) is 43.5 Å². The van der Waals surface area contributed by atoms with E-state index in [9.17, 15) is 4.79 Å². The Kier molecular flexibility index (Phi) is 6.61. The smallest absolute Gasteiger partial charge is 0.319 e. The highest BCUT2D eigenvalue weighted by molar-refractivity contribution is 5.90. The molecule has 138 valence electrons. The molecule has 1 aliphatic carbocycles. The molecule has 26 heavy (non-hydrogen) atoms. The molecule has 5 heteroatoms. The van der Waals surface area contributed by atoms with Crippen molar-refractivity contribution >= 4 is 11.7 Å². The van der Waals surface area contributed by atoms with Crippen molar-refractivity contribution in [3.8, 4) is 0 Å². The number of amides is 2. The molecule has 2 aromatic rings. The van der Waals surface area contributed by atoms with Crippen LogP contribution in [-0.2, 0) is 13.1 Å². The Morgan fingerprint density at radius 2 is 1.96 bits per heavy atom. The minimum absolute atomic E-state index is 0.193. The zero-order chi connectivity index (χ0) is 18.2. The monoisotopic (exact) mass is 352 g/mol. The van der Waals surface area contributed by atoms with Crippen molar-refractivity contribution in [1.29, 1.82) is 0 Å². The second-order valence-corrected chi connectivity index (χ2v) is 7.03. The molecule has 0 atom stereocenters. The van der Waals surface area contributed by atoms with E-state index in [-0.39, 0.29) is 6.03 Å². The highest BCUT2D eigenvalue weighted by Gasteiger charge is 2.19. The summed E-state index contributed by atoms with van der Waals surface area (Å²) in [5, 5.41) is 5.88. The maximum absolute atomic E-state index is 12.3. The van der Waals surface area contributed by atoms with E-state index >= 15 is 0 Å². The number of carbonyl (C=O) groups is 1. The van der Waals surface area contributed by atoms with E-state index < -0.39 is 0 Å². The molecule has 0 spiro atoms. The molecule has 0 aliphatic heterocycles. The number of nitrogens with one attached hydrogen (secondary N) is 2. The highest BCUT2D eigenvalue weighted by atomic mass is 16.2. The Morgan fingerprint density at radius 3 is 2.73 bits per heavy atom. The molecule has 1 fully saturated rings. The van der Waals surface area contributed by atoms with Gasteiger partial charge in [-0.25, -0.2) is 4.79 Å². The van der Waals surface area contributed by atoms with Crippen LogP contribution in [0.4, 0.5) is 10.5 Å². The lowest BCUT2D eigenvalue weighted by atomic mass is 9.94. The third-order valence-electron chi connectivity index (χ3n) is 5.06. The molecule has 0 bridgehead atoms. The largest absolute Gasteiger partial charge is 0.334 e. The number of anilines is 1. The third-order valence-corrected chi connectivity index (χ3v) is 5.06. The van der Waals surface area contributed by atoms with Gasteiger partial charge in [-0.2, -0.15) is 0 Å². The van der Waals surface area contributed by atoms with E-state index in [0.29, 0.717) is 12.6 Å². The summed E-state index contributed by atoms with van der Waals surface area (Å²) in [5.74, 6) is 0. The van der Waals surface area contributed by atoms with Crippen molar-refractivity contribution in [2.45, 2.75) is 51.2 Å². The molecule has 2 amide bonds. The number of aromatic nitrogens is 1. The van der Waals surface area contributed by atoms with Crippen LogP contribution >= 0.6 is 0 Å². The summed E-state index contributed by atoms with van der Waals surface area (Å²) in [4.78, 5) is 18.8. The molecule has 2 N–H and O–H groups in total. The minimum atomic E-state index is -0.193. The Balaban J connectivity index is 1.56. The van der Waals surface area contributed by atoms with Gasteiger partial charge in [0.25, 0.3) is 0 Å². The zero-order valence-electron chi connectivity index (χ0n) is 15.4. The van der Waals surface area contributed by atoms with Gasteiger partial charge in [-0.15, -0.1) is 0 Å². The maximum atomic E-state index is 12.3. The molecule has 0 radical (unpaired) electrons. The molecule has 1 aromatic carbocycles. The second kappa shape index (κ2) is 9.34. The van der Waals surface area contributed by atoms with Gasteiger partial charge in [0.1, 0.15) is 0 Å². The first-order valence-corrected chi connectivity index (χ1v) is 9.44. The minimum Gasteiger partial charge on any atom is -0.334 e. The summed E-state index contributed by atoms with van der Waals surface area (Å²) in [6.07, 6.45) is 10.0. The Hall–Kier alpha value is -2.40. The van der Waals surface area contributed by atoms with Gasteiger partial charge in [0, 0.05) is 37.2 Å². The van der Waals surface area contributed by atoms with E-state index in [4.69, 9.17) is 0 Å². The quantitative estimate of drug-likeness (QED) is 0.820. The van der Waals surface area contributed by atoms with Crippen LogP contribution < -0.4 is 10.6 Å². The van der Waals surface area contributed by atoms with E-state index in [0.717, 1.165) is 23.4 Å². The van der Waals surface area contributed by atoms with Crippen LogP contribution in [0.15, 0.2) is 48.8 Å². The number of rotatable bonds is 6. The van der Waals surface area contributed by atoms with Gasteiger partial charge in [-0.05, 0) is 43.1 Å². The number of urea groups is 1. The second-order valence-electron chi connectivity index (χ2n) is 7.03. The standard InChI is InChI=1S/C21H28N4O/c1-25(19-10-3-2-4-11-19)16-18-9-5-6-12-20(18)24-21(26)23-15-17-8-7-13-22-14-17/h5-9,12-14,19H,2-4,10-11,15-16H2,1H3,(H2,23,24,26). The van der Waals surface area contributed by atoms with Crippen LogP contribution in [0.2, 0.25) is 0 Å². The predicted octanol–water partition coefficient (Wildman–Crippen LogP) is 4.17. The van der Waals surface area contributed by atoms with Gasteiger partial charge in [0.2, 0.25) is 0 Å². The van der Waals surface area contributed by atoms with E-state index in [1.165, 1.54) is 32.1 Å². The van der Waals surface area contributed by atoms with E-state index in [1.807, 2.05) is 30.3 Å². The fourth-order valence-corrected chi connectivity index (χ4v) is 3.55. The third kappa shape index (κ3) is 5.30. The van der Waals surface area contributed by atoms with Crippen LogP contribution in [0.3, 0.4) is 0 Å². The van der Waals surface area contributed by atoms with Crippen LogP contribution in [0.25, 0.3) is 0 Å². The molecule has 1 aliphatic rings. The lowest BCUT2D eigenvalue weighted by molar-refractivity contribution is 0.185. The maximum Gasteiger partial charge on any atom is 0.319 e. The zero-order valence-corrected chi connectivity index (χ0v) is 15.4. The number of carbonyl (C=O) groups excluding carboxylic acids is 1. The Labute approximate surface area is 155 Å². The topological polar surface area (TPSA) is 57.3 Å². The van der Waals surface area contributed by atoms with Crippen molar-refractivity contribution in [2.75, 3.05) is 12.4 Å². The highest BCUT2D eigenvalue weighted by Crippen LogP contribution is 2.24. The van der Waals surface area contributed by atoms with Crippen LogP contribution in [-0.4, -0.2) is 29.0 Å². The Bertz CT molecular complexity index is 698. The first-order chi connectivity index (χ1) is 12.7. The van der Waals surface area contributed by atoms with Gasteiger partial charge in [0.15, 0.2) is 0 Å². The lowest BCUT2D eigenvalue weighted by Gasteiger charge is -2.31. The van der Waals surface area contributed by atoms with Gasteiger partial charge >= 0.3 is 6.03 Å². The average Bonchev–Trinajstić information content (AvgIpc) is 2.69. The molecule has 1 aromatic heterocycles. The summed E-state index contributed by atoms with van der Waals surface area (Å²) in [5.41, 5.74) is 3.00. The summed E-state index contributed by atoms with van der Waals surface area (Å²) < 4.78 is 0. The lowest BCUT2D eigenvalue weighted by Crippen LogP contribution is -2.33. The molecule has 0 saturated heterocycles. The molecular formula is C21H28N4O. The summed E-state index contributed by atoms with van der Waals surface area (Å²) in [7, 11) is 2.19. The SMILES string of the molecule is CN(Cc1ccccc1NC(=O)NCc1cccnc1)C1CCCCC1. The summed E-state index contributed by atoms with van der Waals surface area (Å²) in [6.45, 7) is 1.31. The number of pyridine rings is 1. The Morgan fingerprint density at radius 1 is 1.15 bits per heavy atom. The van der Waals surface area contributed by atoms with Crippen molar-refractivity contribution < 1.29 is 4.79 Å². The molecular weight excluding hydrogens is 324 g/mol. The van der Waals surface area contributed by atoms with Gasteiger partial charge in [0.05, 0.1) is 0 Å². The fraction of sp³-hybridized carbons (Fsp3) is 0.429. The average molecular weight is 352 g/mol.